The normalized spacial score (nSPS) is 20.8. The zero-order valence-electron chi connectivity index (χ0n) is 23.9. The van der Waals surface area contributed by atoms with Crippen molar-refractivity contribution in [2.45, 2.75) is 52.7 Å². The number of carbonyl (C=O) groups is 1. The van der Waals surface area contributed by atoms with Crippen LogP contribution in [0.3, 0.4) is 0 Å². The van der Waals surface area contributed by atoms with Gasteiger partial charge in [0.05, 0.1) is 22.3 Å². The molecular formula is C30H34Cl2N8O. The molecule has 1 fully saturated rings. The molecule has 6 rings (SSSR count). The average Bonchev–Trinajstić information content (AvgIpc) is 3.39. The minimum atomic E-state index is -0.320. The smallest absolute Gasteiger partial charge is 0.270 e. The van der Waals surface area contributed by atoms with Gasteiger partial charge in [0.1, 0.15) is 5.56 Å². The van der Waals surface area contributed by atoms with E-state index < -0.39 is 0 Å². The first-order valence-corrected chi connectivity index (χ1v) is 14.8. The Hall–Kier alpha value is -3.40. The van der Waals surface area contributed by atoms with Gasteiger partial charge >= 0.3 is 0 Å². The first-order valence-electron chi connectivity index (χ1n) is 14.0. The lowest BCUT2D eigenvalue weighted by Crippen LogP contribution is -2.59. The minimum absolute atomic E-state index is 0.320. The Morgan fingerprint density at radius 2 is 1.76 bits per heavy atom. The van der Waals surface area contributed by atoms with E-state index in [-0.39, 0.29) is 5.91 Å². The molecule has 41 heavy (non-hydrogen) atoms. The van der Waals surface area contributed by atoms with Crippen LogP contribution in [0.15, 0.2) is 47.6 Å². The van der Waals surface area contributed by atoms with Crippen LogP contribution in [0, 0.1) is 6.92 Å². The topological polar surface area (TPSA) is 80.2 Å². The summed E-state index contributed by atoms with van der Waals surface area (Å²) in [6, 6.07) is 13.0. The number of para-hydroxylation sites is 1. The summed E-state index contributed by atoms with van der Waals surface area (Å²) in [6.07, 6.45) is 1.55. The number of guanidine groups is 1. The Bertz CT molecular complexity index is 1510. The summed E-state index contributed by atoms with van der Waals surface area (Å²) in [4.78, 5) is 36.0. The van der Waals surface area contributed by atoms with Gasteiger partial charge in [-0.3, -0.25) is 19.6 Å². The fourth-order valence-electron chi connectivity index (χ4n) is 6.50. The largest absolute Gasteiger partial charge is 0.368 e. The summed E-state index contributed by atoms with van der Waals surface area (Å²) < 4.78 is 0. The average molecular weight is 594 g/mol. The molecule has 2 atom stereocenters. The molecule has 0 spiro atoms. The lowest BCUT2D eigenvalue weighted by molar-refractivity contribution is 0.0953. The van der Waals surface area contributed by atoms with E-state index >= 15 is 0 Å². The highest BCUT2D eigenvalue weighted by Gasteiger charge is 2.41. The van der Waals surface area contributed by atoms with Crippen molar-refractivity contribution in [1.29, 1.82) is 0 Å². The van der Waals surface area contributed by atoms with Crippen LogP contribution in [-0.4, -0.2) is 71.0 Å². The van der Waals surface area contributed by atoms with Crippen molar-refractivity contribution in [3.8, 4) is 0 Å². The monoisotopic (exact) mass is 592 g/mol. The standard InChI is InChI=1S/C30H34Cl2N8O/c1-17(2)39-19(4)15-37(16-20(39)5)25-10-9-21(13-18(25)3)35-29-34-14-22-27(36-29)38-12-11-33-30(38)40(28(22)41)26-23(31)7-6-8-24(26)32/h6-10,13-14,17,19-20H,11-12,15-16H2,1-5H3,(H,34,35,36)/t19-,20+. The SMILES string of the molecule is Cc1cc(Nc2ncc3c(n2)N2CCN=C2N(c2c(Cl)cccc2Cl)C3=O)ccc1N1C[C@@H](C)N(C(C)C)[C@@H](C)C1. The first kappa shape index (κ1) is 27.8. The van der Waals surface area contributed by atoms with Gasteiger partial charge in [-0.05, 0) is 70.5 Å². The molecule has 1 amide bonds. The molecule has 9 nitrogen and oxygen atoms in total. The number of hydrogen-bond acceptors (Lipinski definition) is 8. The van der Waals surface area contributed by atoms with Crippen molar-refractivity contribution in [3.63, 3.8) is 0 Å². The molecule has 11 heteroatoms. The highest BCUT2D eigenvalue weighted by Crippen LogP contribution is 2.40. The number of amides is 1. The molecule has 3 aliphatic rings. The maximum absolute atomic E-state index is 13.7. The minimum Gasteiger partial charge on any atom is -0.368 e. The number of aliphatic imine (C=N–C) groups is 1. The van der Waals surface area contributed by atoms with E-state index in [4.69, 9.17) is 28.2 Å². The summed E-state index contributed by atoms with van der Waals surface area (Å²) in [6.45, 7) is 14.4. The zero-order chi connectivity index (χ0) is 29.0. The molecule has 3 aromatic rings. The number of aryl methyl sites for hydroxylation is 1. The molecule has 214 valence electrons. The molecule has 0 radical (unpaired) electrons. The van der Waals surface area contributed by atoms with Crippen LogP contribution >= 0.6 is 23.2 Å². The predicted molar refractivity (Wildman–Crippen MR) is 168 cm³/mol. The molecule has 0 unspecified atom stereocenters. The molecule has 0 aliphatic carbocycles. The molecule has 0 bridgehead atoms. The van der Waals surface area contributed by atoms with E-state index in [2.05, 4.69) is 77.9 Å². The van der Waals surface area contributed by atoms with Gasteiger partial charge in [-0.25, -0.2) is 9.88 Å². The fraction of sp³-hybridized carbons (Fsp3) is 0.400. The Labute approximate surface area is 250 Å². The number of aromatic nitrogens is 2. The number of piperazine rings is 1. The highest BCUT2D eigenvalue weighted by atomic mass is 35.5. The molecule has 4 heterocycles. The van der Waals surface area contributed by atoms with Gasteiger partial charge in [0.25, 0.3) is 5.91 Å². The van der Waals surface area contributed by atoms with Crippen LogP contribution in [0.1, 0.15) is 43.6 Å². The summed E-state index contributed by atoms with van der Waals surface area (Å²) in [7, 11) is 0. The van der Waals surface area contributed by atoms with Crippen molar-refractivity contribution in [2.24, 2.45) is 4.99 Å². The Balaban J connectivity index is 1.25. The van der Waals surface area contributed by atoms with Crippen LogP contribution in [0.25, 0.3) is 0 Å². The van der Waals surface area contributed by atoms with E-state index in [1.54, 1.807) is 24.4 Å². The summed E-state index contributed by atoms with van der Waals surface area (Å²) in [5, 5.41) is 4.07. The highest BCUT2D eigenvalue weighted by molar-refractivity contribution is 6.43. The number of rotatable bonds is 5. The van der Waals surface area contributed by atoms with E-state index in [1.807, 2.05) is 4.90 Å². The molecular weight excluding hydrogens is 559 g/mol. The molecule has 3 aliphatic heterocycles. The number of halogens is 2. The number of nitrogens with zero attached hydrogens (tertiary/aromatic N) is 7. The van der Waals surface area contributed by atoms with Crippen LogP contribution in [0.5, 0.6) is 0 Å². The van der Waals surface area contributed by atoms with Gasteiger partial charge in [0.15, 0.2) is 5.82 Å². The molecule has 2 aromatic carbocycles. The molecule has 0 saturated carbocycles. The summed E-state index contributed by atoms with van der Waals surface area (Å²) >= 11 is 12.9. The van der Waals surface area contributed by atoms with Crippen LogP contribution < -0.4 is 20.0 Å². The maximum Gasteiger partial charge on any atom is 0.270 e. The lowest BCUT2D eigenvalue weighted by Gasteiger charge is -2.47. The van der Waals surface area contributed by atoms with Crippen LogP contribution in [-0.2, 0) is 0 Å². The van der Waals surface area contributed by atoms with E-state index in [0.29, 0.717) is 70.2 Å². The predicted octanol–water partition coefficient (Wildman–Crippen LogP) is 5.98. The van der Waals surface area contributed by atoms with Crippen molar-refractivity contribution >= 4 is 63.9 Å². The number of hydrogen-bond donors (Lipinski definition) is 1. The Morgan fingerprint density at radius 1 is 1.05 bits per heavy atom. The van der Waals surface area contributed by atoms with Gasteiger partial charge in [0.2, 0.25) is 11.9 Å². The van der Waals surface area contributed by atoms with Gasteiger partial charge < -0.3 is 10.2 Å². The lowest BCUT2D eigenvalue weighted by atomic mass is 10.0. The number of carbonyl (C=O) groups excluding carboxylic acids is 1. The van der Waals surface area contributed by atoms with E-state index in [9.17, 15) is 4.79 Å². The maximum atomic E-state index is 13.7. The third kappa shape index (κ3) is 4.90. The molecule has 1 aromatic heterocycles. The zero-order valence-corrected chi connectivity index (χ0v) is 25.4. The second kappa shape index (κ2) is 10.8. The van der Waals surface area contributed by atoms with E-state index in [1.165, 1.54) is 16.2 Å². The van der Waals surface area contributed by atoms with Crippen LogP contribution in [0.4, 0.5) is 28.8 Å². The van der Waals surface area contributed by atoms with Gasteiger partial charge in [-0.15, -0.1) is 0 Å². The Morgan fingerprint density at radius 3 is 2.41 bits per heavy atom. The number of benzene rings is 2. The third-order valence-electron chi connectivity index (χ3n) is 8.01. The van der Waals surface area contributed by atoms with Crippen molar-refractivity contribution in [2.75, 3.05) is 46.2 Å². The third-order valence-corrected chi connectivity index (χ3v) is 8.62. The fourth-order valence-corrected chi connectivity index (χ4v) is 7.07. The summed E-state index contributed by atoms with van der Waals surface area (Å²) in [5.41, 5.74) is 4.08. The van der Waals surface area contributed by atoms with Gasteiger partial charge in [-0.2, -0.15) is 4.98 Å². The van der Waals surface area contributed by atoms with Crippen molar-refractivity contribution < 1.29 is 4.79 Å². The number of fused-ring (bicyclic) bond motifs is 3. The Kier molecular flexibility index (Phi) is 7.30. The van der Waals surface area contributed by atoms with Crippen LogP contribution in [0.2, 0.25) is 10.0 Å². The first-order chi connectivity index (χ1) is 19.6. The van der Waals surface area contributed by atoms with Gasteiger partial charge in [-0.1, -0.05) is 29.3 Å². The summed E-state index contributed by atoms with van der Waals surface area (Å²) in [5.74, 6) is 1.07. The number of anilines is 5. The second-order valence-electron chi connectivity index (χ2n) is 11.2. The van der Waals surface area contributed by atoms with Crippen molar-refractivity contribution in [3.05, 3.63) is 63.8 Å². The van der Waals surface area contributed by atoms with E-state index in [0.717, 1.165) is 18.8 Å². The number of nitrogens with one attached hydrogen (secondary N) is 1. The molecule has 1 N–H and O–H groups in total. The second-order valence-corrected chi connectivity index (χ2v) is 12.1. The molecule has 1 saturated heterocycles. The van der Waals surface area contributed by atoms with Crippen molar-refractivity contribution in [1.82, 2.24) is 14.9 Å². The van der Waals surface area contributed by atoms with Gasteiger partial charge in [0, 0.05) is 55.3 Å². The quantitative estimate of drug-likeness (QED) is 0.390.